The Morgan fingerprint density at radius 3 is 2.88 bits per heavy atom. The van der Waals surface area contributed by atoms with Crippen LogP contribution in [0, 0.1) is 5.92 Å². The number of benzene rings is 1. The Labute approximate surface area is 142 Å². The molecule has 1 aromatic carbocycles. The van der Waals surface area contributed by atoms with Crippen LogP contribution >= 0.6 is 0 Å². The van der Waals surface area contributed by atoms with Crippen molar-refractivity contribution in [2.75, 3.05) is 13.7 Å². The molecule has 24 heavy (non-hydrogen) atoms. The number of aromatic amines is 1. The van der Waals surface area contributed by atoms with Crippen molar-refractivity contribution in [1.82, 2.24) is 9.88 Å². The van der Waals surface area contributed by atoms with Crippen molar-refractivity contribution in [3.8, 4) is 0 Å². The quantitative estimate of drug-likeness (QED) is 0.875. The highest BCUT2D eigenvalue weighted by molar-refractivity contribution is 5.84. The lowest BCUT2D eigenvalue weighted by molar-refractivity contribution is -0.148. The third-order valence-electron chi connectivity index (χ3n) is 4.82. The van der Waals surface area contributed by atoms with Crippen molar-refractivity contribution in [1.29, 1.82) is 0 Å². The van der Waals surface area contributed by atoms with Gasteiger partial charge in [0.25, 0.3) is 0 Å². The van der Waals surface area contributed by atoms with E-state index in [0.29, 0.717) is 0 Å². The first-order valence-corrected chi connectivity index (χ1v) is 8.55. The van der Waals surface area contributed by atoms with E-state index in [4.69, 9.17) is 4.74 Å². The number of H-pyrrole nitrogens is 1. The van der Waals surface area contributed by atoms with E-state index in [1.807, 2.05) is 23.1 Å². The Bertz CT molecular complexity index is 704. The maximum atomic E-state index is 12.9. The van der Waals surface area contributed by atoms with Gasteiger partial charge in [-0.25, -0.2) is 0 Å². The maximum Gasteiger partial charge on any atom is 0.306 e. The molecule has 1 N–H and O–H groups in total. The molecule has 1 aromatic heterocycles. The van der Waals surface area contributed by atoms with E-state index in [1.165, 1.54) is 7.11 Å². The first-order chi connectivity index (χ1) is 11.6. The SMILES string of the molecule is COC(=O)C[C@H](C)C(=O)N1CCCC[C@@H]1c1cc2ccccc2[nH]1. The number of piperidine rings is 1. The summed E-state index contributed by atoms with van der Waals surface area (Å²) in [5.74, 6) is -0.666. The van der Waals surface area contributed by atoms with Crippen LogP contribution in [0.4, 0.5) is 0 Å². The highest BCUT2D eigenvalue weighted by Crippen LogP contribution is 2.33. The van der Waals surface area contributed by atoms with Gasteiger partial charge in [-0.2, -0.15) is 0 Å². The molecule has 5 heteroatoms. The highest BCUT2D eigenvalue weighted by atomic mass is 16.5. The number of methoxy groups -OCH3 is 1. The summed E-state index contributed by atoms with van der Waals surface area (Å²) in [6.07, 6.45) is 3.19. The molecular weight excluding hydrogens is 304 g/mol. The van der Waals surface area contributed by atoms with Crippen molar-refractivity contribution in [2.45, 2.75) is 38.6 Å². The van der Waals surface area contributed by atoms with Crippen LogP contribution in [0.1, 0.15) is 44.3 Å². The topological polar surface area (TPSA) is 62.4 Å². The normalized spacial score (nSPS) is 19.2. The molecule has 2 aromatic rings. The summed E-state index contributed by atoms with van der Waals surface area (Å²) in [6.45, 7) is 2.54. The van der Waals surface area contributed by atoms with E-state index in [1.54, 1.807) is 6.92 Å². The van der Waals surface area contributed by atoms with Crippen molar-refractivity contribution >= 4 is 22.8 Å². The molecular formula is C19H24N2O3. The summed E-state index contributed by atoms with van der Waals surface area (Å²) >= 11 is 0. The van der Waals surface area contributed by atoms with E-state index in [2.05, 4.69) is 17.1 Å². The van der Waals surface area contributed by atoms with Gasteiger partial charge in [0.15, 0.2) is 0 Å². The summed E-state index contributed by atoms with van der Waals surface area (Å²) in [6, 6.07) is 10.3. The summed E-state index contributed by atoms with van der Waals surface area (Å²) in [5, 5.41) is 1.16. The standard InChI is InChI=1S/C19H24N2O3/c1-13(11-18(22)24-2)19(23)21-10-6-5-9-17(21)16-12-14-7-3-4-8-15(14)20-16/h3-4,7-8,12-13,17,20H,5-6,9-11H2,1-2H3/t13-,17+/m0/s1. The fraction of sp³-hybridized carbons (Fsp3) is 0.474. The number of hydrogen-bond donors (Lipinski definition) is 1. The van der Waals surface area contributed by atoms with E-state index < -0.39 is 0 Å². The smallest absolute Gasteiger partial charge is 0.306 e. The zero-order valence-corrected chi connectivity index (χ0v) is 14.2. The maximum absolute atomic E-state index is 12.9. The average Bonchev–Trinajstić information content (AvgIpc) is 3.04. The molecule has 2 heterocycles. The Morgan fingerprint density at radius 1 is 1.33 bits per heavy atom. The van der Waals surface area contributed by atoms with Gasteiger partial charge in [-0.05, 0) is 36.8 Å². The Balaban J connectivity index is 1.82. The Hall–Kier alpha value is -2.30. The number of likely N-dealkylation sites (tertiary alicyclic amines) is 1. The van der Waals surface area contributed by atoms with Crippen LogP contribution in [0.15, 0.2) is 30.3 Å². The molecule has 3 rings (SSSR count). The molecule has 0 radical (unpaired) electrons. The van der Waals surface area contributed by atoms with Gasteiger partial charge in [0.05, 0.1) is 19.6 Å². The lowest BCUT2D eigenvalue weighted by Gasteiger charge is -2.36. The largest absolute Gasteiger partial charge is 0.469 e. The van der Waals surface area contributed by atoms with E-state index >= 15 is 0 Å². The summed E-state index contributed by atoms with van der Waals surface area (Å²) in [4.78, 5) is 29.7. The minimum Gasteiger partial charge on any atom is -0.469 e. The van der Waals surface area contributed by atoms with Gasteiger partial charge in [-0.15, -0.1) is 0 Å². The molecule has 1 aliphatic rings. The second-order valence-electron chi connectivity index (χ2n) is 6.54. The van der Waals surface area contributed by atoms with Crippen LogP contribution in [-0.4, -0.2) is 35.4 Å². The number of esters is 1. The number of aromatic nitrogens is 1. The van der Waals surface area contributed by atoms with Crippen LogP contribution in [0.25, 0.3) is 10.9 Å². The van der Waals surface area contributed by atoms with Gasteiger partial charge in [-0.3, -0.25) is 9.59 Å². The Kier molecular flexibility index (Phi) is 4.88. The van der Waals surface area contributed by atoms with E-state index in [9.17, 15) is 9.59 Å². The van der Waals surface area contributed by atoms with Crippen LogP contribution < -0.4 is 0 Å². The van der Waals surface area contributed by atoms with Gasteiger partial charge in [0.1, 0.15) is 0 Å². The minimum atomic E-state index is -0.359. The summed E-state index contributed by atoms with van der Waals surface area (Å²) in [5.41, 5.74) is 2.17. The number of rotatable bonds is 4. The van der Waals surface area contributed by atoms with E-state index in [0.717, 1.165) is 42.4 Å². The Morgan fingerprint density at radius 2 is 2.12 bits per heavy atom. The zero-order chi connectivity index (χ0) is 17.1. The number of hydrogen-bond acceptors (Lipinski definition) is 3. The molecule has 5 nitrogen and oxygen atoms in total. The molecule has 1 amide bonds. The van der Waals surface area contributed by atoms with Crippen molar-refractivity contribution in [3.05, 3.63) is 36.0 Å². The van der Waals surface area contributed by atoms with Gasteiger partial charge in [0.2, 0.25) is 5.91 Å². The van der Waals surface area contributed by atoms with Crippen molar-refractivity contribution in [2.24, 2.45) is 5.92 Å². The molecule has 2 atom stereocenters. The number of ether oxygens (including phenoxy) is 1. The molecule has 0 aliphatic carbocycles. The van der Waals surface area contributed by atoms with Gasteiger partial charge >= 0.3 is 5.97 Å². The fourth-order valence-corrected chi connectivity index (χ4v) is 3.50. The molecule has 0 spiro atoms. The average molecular weight is 328 g/mol. The van der Waals surface area contributed by atoms with Gasteiger partial charge in [-0.1, -0.05) is 25.1 Å². The minimum absolute atomic E-state index is 0.0313. The van der Waals surface area contributed by atoms with Crippen LogP contribution in [0.5, 0.6) is 0 Å². The number of fused-ring (bicyclic) bond motifs is 1. The molecule has 1 aliphatic heterocycles. The molecule has 0 saturated carbocycles. The lowest BCUT2D eigenvalue weighted by atomic mass is 9.96. The third kappa shape index (κ3) is 3.30. The second-order valence-corrected chi connectivity index (χ2v) is 6.54. The number of nitrogens with one attached hydrogen (secondary N) is 1. The highest BCUT2D eigenvalue weighted by Gasteiger charge is 2.32. The molecule has 1 fully saturated rings. The lowest BCUT2D eigenvalue weighted by Crippen LogP contribution is -2.42. The van der Waals surface area contributed by atoms with Gasteiger partial charge in [0, 0.05) is 23.7 Å². The summed E-state index contributed by atoms with van der Waals surface area (Å²) in [7, 11) is 1.35. The zero-order valence-electron chi connectivity index (χ0n) is 14.2. The fourth-order valence-electron chi connectivity index (χ4n) is 3.50. The number of amides is 1. The van der Waals surface area contributed by atoms with E-state index in [-0.39, 0.29) is 30.3 Å². The summed E-state index contributed by atoms with van der Waals surface area (Å²) < 4.78 is 4.69. The molecule has 0 bridgehead atoms. The molecule has 0 unspecified atom stereocenters. The van der Waals surface area contributed by atoms with Crippen LogP contribution in [0.2, 0.25) is 0 Å². The number of carbonyl (C=O) groups is 2. The van der Waals surface area contributed by atoms with Gasteiger partial charge < -0.3 is 14.6 Å². The number of carbonyl (C=O) groups excluding carboxylic acids is 2. The number of para-hydroxylation sites is 1. The predicted molar refractivity (Wildman–Crippen MR) is 92.4 cm³/mol. The first kappa shape index (κ1) is 16.6. The molecule has 1 saturated heterocycles. The van der Waals surface area contributed by atoms with Crippen LogP contribution in [-0.2, 0) is 14.3 Å². The monoisotopic (exact) mass is 328 g/mol. The number of nitrogens with zero attached hydrogens (tertiary/aromatic N) is 1. The second kappa shape index (κ2) is 7.07. The predicted octanol–water partition coefficient (Wildman–Crippen LogP) is 3.42. The van der Waals surface area contributed by atoms with Crippen molar-refractivity contribution in [3.63, 3.8) is 0 Å². The molecule has 128 valence electrons. The van der Waals surface area contributed by atoms with Crippen LogP contribution in [0.3, 0.4) is 0 Å². The first-order valence-electron chi connectivity index (χ1n) is 8.55. The third-order valence-corrected chi connectivity index (χ3v) is 4.82. The van der Waals surface area contributed by atoms with Crippen molar-refractivity contribution < 1.29 is 14.3 Å².